The van der Waals surface area contributed by atoms with Gasteiger partial charge in [-0.15, -0.1) is 0 Å². The minimum Gasteiger partial charge on any atom is -0.408 e. The summed E-state index contributed by atoms with van der Waals surface area (Å²) < 4.78 is 34.0. The SMILES string of the molecule is CN(C)C(=O)Sc1ccc(NS(=O)(=O)c2ccc3c(c2)oc(=O)n3C)cc1. The highest BCUT2D eigenvalue weighted by Gasteiger charge is 2.17. The molecule has 27 heavy (non-hydrogen) atoms. The van der Waals surface area contributed by atoms with Crippen LogP contribution in [-0.4, -0.2) is 37.2 Å². The molecule has 2 aromatic carbocycles. The third kappa shape index (κ3) is 4.01. The average Bonchev–Trinajstić information content (AvgIpc) is 2.90. The van der Waals surface area contributed by atoms with E-state index in [0.29, 0.717) is 16.1 Å². The number of nitrogens with zero attached hydrogens (tertiary/aromatic N) is 2. The molecule has 1 heterocycles. The van der Waals surface area contributed by atoms with Crippen molar-refractivity contribution in [2.75, 3.05) is 18.8 Å². The summed E-state index contributed by atoms with van der Waals surface area (Å²) >= 11 is 1.05. The molecule has 0 aliphatic heterocycles. The molecular weight excluding hydrogens is 390 g/mol. The van der Waals surface area contributed by atoms with Crippen LogP contribution < -0.4 is 10.5 Å². The van der Waals surface area contributed by atoms with Crippen molar-refractivity contribution < 1.29 is 17.6 Å². The fourth-order valence-corrected chi connectivity index (χ4v) is 4.01. The van der Waals surface area contributed by atoms with Crippen LogP contribution in [0.5, 0.6) is 0 Å². The minimum absolute atomic E-state index is 0.0226. The zero-order chi connectivity index (χ0) is 19.8. The number of carbonyl (C=O) groups is 1. The molecule has 0 spiro atoms. The summed E-state index contributed by atoms with van der Waals surface area (Å²) in [6.07, 6.45) is 0. The Labute approximate surface area is 159 Å². The van der Waals surface area contributed by atoms with Crippen LogP contribution in [0.15, 0.2) is 61.5 Å². The van der Waals surface area contributed by atoms with E-state index < -0.39 is 15.8 Å². The number of rotatable bonds is 4. The lowest BCUT2D eigenvalue weighted by atomic mass is 10.3. The van der Waals surface area contributed by atoms with E-state index >= 15 is 0 Å². The van der Waals surface area contributed by atoms with Gasteiger partial charge in [0.15, 0.2) is 5.58 Å². The Morgan fingerprint density at radius 3 is 2.44 bits per heavy atom. The van der Waals surface area contributed by atoms with Gasteiger partial charge in [-0.25, -0.2) is 13.2 Å². The van der Waals surface area contributed by atoms with Gasteiger partial charge in [0.2, 0.25) is 0 Å². The predicted octanol–water partition coefficient (Wildman–Crippen LogP) is 2.71. The number of amides is 1. The van der Waals surface area contributed by atoms with Crippen molar-refractivity contribution in [2.45, 2.75) is 9.79 Å². The molecule has 0 unspecified atom stereocenters. The molecule has 0 aliphatic rings. The van der Waals surface area contributed by atoms with E-state index in [0.717, 1.165) is 11.8 Å². The average molecular weight is 407 g/mol. The van der Waals surface area contributed by atoms with Crippen LogP contribution in [0.2, 0.25) is 0 Å². The molecule has 1 aromatic heterocycles. The third-order valence-corrected chi connectivity index (χ3v) is 6.18. The first-order valence-electron chi connectivity index (χ1n) is 7.79. The molecule has 142 valence electrons. The summed E-state index contributed by atoms with van der Waals surface area (Å²) in [5, 5.41) is -0.124. The van der Waals surface area contributed by atoms with E-state index in [9.17, 15) is 18.0 Å². The molecule has 0 fully saturated rings. The molecule has 0 bridgehead atoms. The summed E-state index contributed by atoms with van der Waals surface area (Å²) in [4.78, 5) is 25.4. The van der Waals surface area contributed by atoms with Crippen LogP contribution in [0.25, 0.3) is 11.1 Å². The Hall–Kier alpha value is -2.72. The number of hydrogen-bond donors (Lipinski definition) is 1. The Balaban J connectivity index is 1.82. The molecule has 1 amide bonds. The number of nitrogens with one attached hydrogen (secondary N) is 1. The van der Waals surface area contributed by atoms with Crippen molar-refractivity contribution in [3.05, 3.63) is 53.0 Å². The normalized spacial score (nSPS) is 11.5. The molecule has 0 radical (unpaired) electrons. The molecule has 10 heteroatoms. The van der Waals surface area contributed by atoms with Crippen molar-refractivity contribution in [3.63, 3.8) is 0 Å². The Kier molecular flexibility index (Phi) is 5.03. The minimum atomic E-state index is -3.86. The first-order valence-corrected chi connectivity index (χ1v) is 10.1. The maximum atomic E-state index is 12.6. The highest BCUT2D eigenvalue weighted by Crippen LogP contribution is 2.24. The van der Waals surface area contributed by atoms with Gasteiger partial charge < -0.3 is 9.32 Å². The number of oxazole rings is 1. The molecule has 0 saturated heterocycles. The predicted molar refractivity (Wildman–Crippen MR) is 104 cm³/mol. The molecule has 1 N–H and O–H groups in total. The number of aromatic nitrogens is 1. The third-order valence-electron chi connectivity index (χ3n) is 3.75. The fourth-order valence-electron chi connectivity index (χ4n) is 2.28. The number of anilines is 1. The summed E-state index contributed by atoms with van der Waals surface area (Å²) in [6.45, 7) is 0. The second-order valence-electron chi connectivity index (χ2n) is 5.95. The number of thioether (sulfide) groups is 1. The highest BCUT2D eigenvalue weighted by molar-refractivity contribution is 8.13. The quantitative estimate of drug-likeness (QED) is 0.667. The topological polar surface area (TPSA) is 102 Å². The lowest BCUT2D eigenvalue weighted by Gasteiger charge is -2.10. The van der Waals surface area contributed by atoms with Gasteiger partial charge >= 0.3 is 5.76 Å². The molecule has 0 atom stereocenters. The Bertz CT molecular complexity index is 1160. The van der Waals surface area contributed by atoms with Crippen LogP contribution in [-0.2, 0) is 17.1 Å². The summed E-state index contributed by atoms with van der Waals surface area (Å²) in [6, 6.07) is 10.7. The molecule has 0 saturated carbocycles. The second kappa shape index (κ2) is 7.12. The Morgan fingerprint density at radius 2 is 1.81 bits per heavy atom. The van der Waals surface area contributed by atoms with E-state index in [1.807, 2.05) is 0 Å². The number of fused-ring (bicyclic) bond motifs is 1. The van der Waals surface area contributed by atoms with E-state index in [1.165, 1.54) is 27.7 Å². The second-order valence-corrected chi connectivity index (χ2v) is 8.66. The summed E-state index contributed by atoms with van der Waals surface area (Å²) in [5.41, 5.74) is 1.05. The lowest BCUT2D eigenvalue weighted by Crippen LogP contribution is -2.16. The van der Waals surface area contributed by atoms with Crippen LogP contribution in [0.3, 0.4) is 0 Å². The number of benzene rings is 2. The first kappa shape index (κ1) is 19.1. The number of aryl methyl sites for hydroxylation is 1. The molecule has 0 aliphatic carbocycles. The smallest absolute Gasteiger partial charge is 0.408 e. The van der Waals surface area contributed by atoms with Crippen LogP contribution in [0, 0.1) is 0 Å². The monoisotopic (exact) mass is 407 g/mol. The maximum Gasteiger partial charge on any atom is 0.419 e. The van der Waals surface area contributed by atoms with E-state index in [-0.39, 0.29) is 15.7 Å². The van der Waals surface area contributed by atoms with Gasteiger partial charge in [-0.05, 0) is 48.2 Å². The zero-order valence-corrected chi connectivity index (χ0v) is 16.4. The Morgan fingerprint density at radius 1 is 1.15 bits per heavy atom. The first-order chi connectivity index (χ1) is 12.7. The van der Waals surface area contributed by atoms with E-state index in [4.69, 9.17) is 4.42 Å². The van der Waals surface area contributed by atoms with Gasteiger partial charge in [-0.2, -0.15) is 0 Å². The summed E-state index contributed by atoms with van der Waals surface area (Å²) in [7, 11) is 0.994. The van der Waals surface area contributed by atoms with Crippen molar-refractivity contribution in [1.82, 2.24) is 9.47 Å². The molecule has 8 nitrogen and oxygen atoms in total. The van der Waals surface area contributed by atoms with Gasteiger partial charge in [0, 0.05) is 37.8 Å². The van der Waals surface area contributed by atoms with Crippen molar-refractivity contribution in [3.8, 4) is 0 Å². The van der Waals surface area contributed by atoms with Crippen molar-refractivity contribution >= 4 is 43.8 Å². The van der Waals surface area contributed by atoms with Gasteiger partial charge in [0.25, 0.3) is 15.3 Å². The fraction of sp³-hybridized carbons (Fsp3) is 0.176. The van der Waals surface area contributed by atoms with Crippen LogP contribution >= 0.6 is 11.8 Å². The number of hydrogen-bond acceptors (Lipinski definition) is 6. The van der Waals surface area contributed by atoms with Gasteiger partial charge in [-0.3, -0.25) is 14.1 Å². The van der Waals surface area contributed by atoms with Gasteiger partial charge in [0.05, 0.1) is 10.4 Å². The van der Waals surface area contributed by atoms with Gasteiger partial charge in [0.1, 0.15) is 0 Å². The lowest BCUT2D eigenvalue weighted by molar-refractivity contribution is 0.241. The zero-order valence-electron chi connectivity index (χ0n) is 14.8. The van der Waals surface area contributed by atoms with E-state index in [1.54, 1.807) is 45.4 Å². The van der Waals surface area contributed by atoms with E-state index in [2.05, 4.69) is 4.72 Å². The van der Waals surface area contributed by atoms with Crippen LogP contribution in [0.4, 0.5) is 10.5 Å². The number of sulfonamides is 1. The van der Waals surface area contributed by atoms with Crippen LogP contribution in [0.1, 0.15) is 0 Å². The van der Waals surface area contributed by atoms with Crippen molar-refractivity contribution in [1.29, 1.82) is 0 Å². The standard InChI is InChI=1S/C17H17N3O5S2/c1-19(2)17(22)26-12-6-4-11(5-7-12)18-27(23,24)13-8-9-14-15(10-13)25-16(21)20(14)3/h4-10,18H,1-3H3. The highest BCUT2D eigenvalue weighted by atomic mass is 32.2. The molecule has 3 rings (SSSR count). The largest absolute Gasteiger partial charge is 0.419 e. The van der Waals surface area contributed by atoms with Gasteiger partial charge in [-0.1, -0.05) is 0 Å². The number of carbonyl (C=O) groups excluding carboxylic acids is 1. The van der Waals surface area contributed by atoms with Crippen molar-refractivity contribution in [2.24, 2.45) is 7.05 Å². The molecular formula is C17H17N3O5S2. The summed E-state index contributed by atoms with van der Waals surface area (Å²) in [5.74, 6) is -0.562. The maximum absolute atomic E-state index is 12.6. The molecule has 3 aromatic rings.